The highest BCUT2D eigenvalue weighted by molar-refractivity contribution is 5.92. The first-order chi connectivity index (χ1) is 43.6. The van der Waals surface area contributed by atoms with E-state index in [-0.39, 0.29) is 27.1 Å². The SMILES string of the molecule is CC(C)(C)c1ccc(N(c2ccc3c(c2)C(C)(C)c2cc(/C=C/c4ccc5c(c4)C(C)(C)c4cc(/C=C/c6ccc7c(c6)C(C)(C)c6cc(N(c8ccc(C(C)(C)C)cc8)c8ccc9ccccc9n8)ccc6-7)ccc4-5)ccc2-3)c2ccc3ccccc3n2)cc1. The lowest BCUT2D eigenvalue weighted by Gasteiger charge is -2.28. The molecule has 2 aromatic heterocycles. The van der Waals surface area contributed by atoms with E-state index in [1.807, 2.05) is 0 Å². The van der Waals surface area contributed by atoms with Gasteiger partial charge in [0.2, 0.25) is 0 Å². The van der Waals surface area contributed by atoms with Gasteiger partial charge in [-0.05, 0) is 196 Å². The molecule has 0 fully saturated rings. The Morgan fingerprint density at radius 2 is 0.560 bits per heavy atom. The maximum absolute atomic E-state index is 5.24. The van der Waals surface area contributed by atoms with Crippen molar-refractivity contribution in [2.45, 2.75) is 110 Å². The fourth-order valence-corrected chi connectivity index (χ4v) is 14.7. The molecular formula is C87H78N4. The van der Waals surface area contributed by atoms with Crippen LogP contribution in [0.4, 0.5) is 34.4 Å². The predicted molar refractivity (Wildman–Crippen MR) is 387 cm³/mol. The van der Waals surface area contributed by atoms with Crippen molar-refractivity contribution in [2.24, 2.45) is 0 Å². The van der Waals surface area contributed by atoms with E-state index in [9.17, 15) is 0 Å². The quantitative estimate of drug-likeness (QED) is 0.128. The molecule has 0 bridgehead atoms. The summed E-state index contributed by atoms with van der Waals surface area (Å²) in [6.07, 6.45) is 9.17. The van der Waals surface area contributed by atoms with Gasteiger partial charge in [-0.2, -0.15) is 0 Å². The first-order valence-corrected chi connectivity index (χ1v) is 32.4. The van der Waals surface area contributed by atoms with Crippen molar-refractivity contribution in [1.29, 1.82) is 0 Å². The summed E-state index contributed by atoms with van der Waals surface area (Å²) in [7, 11) is 0. The largest absolute Gasteiger partial charge is 0.295 e. The van der Waals surface area contributed by atoms with E-state index in [0.717, 1.165) is 56.2 Å². The molecule has 4 nitrogen and oxygen atoms in total. The molecule has 3 aliphatic rings. The van der Waals surface area contributed by atoms with Gasteiger partial charge in [0.1, 0.15) is 11.6 Å². The van der Waals surface area contributed by atoms with Gasteiger partial charge >= 0.3 is 0 Å². The van der Waals surface area contributed by atoms with Crippen LogP contribution in [-0.2, 0) is 27.1 Å². The molecular weight excluding hydrogens is 1100 g/mol. The molecule has 2 heterocycles. The van der Waals surface area contributed by atoms with Crippen LogP contribution in [0.1, 0.15) is 150 Å². The second kappa shape index (κ2) is 21.1. The number of pyridine rings is 2. The van der Waals surface area contributed by atoms with Gasteiger partial charge in [0.05, 0.1) is 11.0 Å². The molecule has 0 atom stereocenters. The van der Waals surface area contributed by atoms with Gasteiger partial charge in [0.15, 0.2) is 0 Å². The van der Waals surface area contributed by atoms with Crippen molar-refractivity contribution in [1.82, 2.24) is 9.97 Å². The molecule has 0 saturated heterocycles. The Bertz CT molecular complexity index is 4670. The maximum atomic E-state index is 5.24. The number of benzene rings is 10. The van der Waals surface area contributed by atoms with E-state index < -0.39 is 0 Å². The number of hydrogen-bond donors (Lipinski definition) is 0. The lowest BCUT2D eigenvalue weighted by molar-refractivity contribution is 0.590. The van der Waals surface area contributed by atoms with Crippen LogP contribution in [0.5, 0.6) is 0 Å². The number of aromatic nitrogens is 2. The van der Waals surface area contributed by atoms with Crippen LogP contribution in [0, 0.1) is 0 Å². The van der Waals surface area contributed by atoms with Crippen molar-refractivity contribution in [3.8, 4) is 33.4 Å². The first kappa shape index (κ1) is 57.5. The summed E-state index contributed by atoms with van der Waals surface area (Å²) < 4.78 is 0. The predicted octanol–water partition coefficient (Wildman–Crippen LogP) is 23.6. The van der Waals surface area contributed by atoms with Gasteiger partial charge < -0.3 is 0 Å². The van der Waals surface area contributed by atoms with Crippen LogP contribution < -0.4 is 9.80 Å². The minimum Gasteiger partial charge on any atom is -0.295 e. The maximum Gasteiger partial charge on any atom is 0.138 e. The normalized spacial score (nSPS) is 14.8. The number of hydrogen-bond acceptors (Lipinski definition) is 4. The van der Waals surface area contributed by atoms with Crippen LogP contribution in [0.3, 0.4) is 0 Å². The fraction of sp³-hybridized carbons (Fsp3) is 0.195. The molecule has 0 spiro atoms. The molecule has 0 unspecified atom stereocenters. The Balaban J connectivity index is 0.665. The molecule has 0 amide bonds. The van der Waals surface area contributed by atoms with E-state index >= 15 is 0 Å². The molecule has 91 heavy (non-hydrogen) atoms. The molecule has 4 heteroatoms. The van der Waals surface area contributed by atoms with Crippen LogP contribution in [0.2, 0.25) is 0 Å². The Labute approximate surface area is 538 Å². The Kier molecular flexibility index (Phi) is 13.3. The molecule has 446 valence electrons. The van der Waals surface area contributed by atoms with Crippen molar-refractivity contribution >= 4 is 80.5 Å². The summed E-state index contributed by atoms with van der Waals surface area (Å²) in [6, 6.07) is 85.6. The van der Waals surface area contributed by atoms with Crippen molar-refractivity contribution in [3.63, 3.8) is 0 Å². The minimum atomic E-state index is -0.223. The summed E-state index contributed by atoms with van der Waals surface area (Å²) in [4.78, 5) is 15.1. The first-order valence-electron chi connectivity index (χ1n) is 32.4. The summed E-state index contributed by atoms with van der Waals surface area (Å²) in [5, 5.41) is 2.26. The van der Waals surface area contributed by atoms with Crippen LogP contribution in [0.15, 0.2) is 231 Å². The summed E-state index contributed by atoms with van der Waals surface area (Å²) in [6.45, 7) is 27.9. The van der Waals surface area contributed by atoms with Gasteiger partial charge in [0, 0.05) is 49.8 Å². The zero-order valence-electron chi connectivity index (χ0n) is 54.5. The number of nitrogens with zero attached hydrogens (tertiary/aromatic N) is 4. The smallest absolute Gasteiger partial charge is 0.138 e. The number of fused-ring (bicyclic) bond motifs is 11. The molecule has 0 N–H and O–H groups in total. The van der Waals surface area contributed by atoms with Crippen molar-refractivity contribution in [2.75, 3.05) is 9.80 Å². The molecule has 0 radical (unpaired) electrons. The lowest BCUT2D eigenvalue weighted by atomic mass is 9.81. The van der Waals surface area contributed by atoms with Crippen LogP contribution in [-0.4, -0.2) is 9.97 Å². The summed E-state index contributed by atoms with van der Waals surface area (Å²) >= 11 is 0. The van der Waals surface area contributed by atoms with Gasteiger partial charge in [-0.1, -0.05) is 253 Å². The number of para-hydroxylation sites is 2. The fourth-order valence-electron chi connectivity index (χ4n) is 14.7. The molecule has 0 saturated carbocycles. The van der Waals surface area contributed by atoms with Gasteiger partial charge in [-0.25, -0.2) is 9.97 Å². The van der Waals surface area contributed by atoms with E-state index in [4.69, 9.17) is 9.97 Å². The van der Waals surface area contributed by atoms with Crippen molar-refractivity contribution < 1.29 is 0 Å². The van der Waals surface area contributed by atoms with Crippen LogP contribution >= 0.6 is 0 Å². The average molecular weight is 1180 g/mol. The minimum absolute atomic E-state index is 0.0518. The van der Waals surface area contributed by atoms with Gasteiger partial charge in [-0.15, -0.1) is 0 Å². The lowest BCUT2D eigenvalue weighted by Crippen LogP contribution is -2.17. The van der Waals surface area contributed by atoms with Crippen LogP contribution in [0.25, 0.3) is 79.5 Å². The zero-order valence-corrected chi connectivity index (χ0v) is 54.5. The van der Waals surface area contributed by atoms with Gasteiger partial charge in [-0.3, -0.25) is 9.80 Å². The zero-order chi connectivity index (χ0) is 62.9. The Morgan fingerprint density at radius 3 is 0.868 bits per heavy atom. The Morgan fingerprint density at radius 1 is 0.286 bits per heavy atom. The second-order valence-electron chi connectivity index (χ2n) is 29.2. The highest BCUT2D eigenvalue weighted by Crippen LogP contribution is 2.54. The molecule has 15 rings (SSSR count). The van der Waals surface area contributed by atoms with Crippen molar-refractivity contribution in [3.05, 3.63) is 297 Å². The van der Waals surface area contributed by atoms with Gasteiger partial charge in [0.25, 0.3) is 0 Å². The third-order valence-corrected chi connectivity index (χ3v) is 20.2. The monoisotopic (exact) mass is 1180 g/mol. The molecule has 0 aliphatic heterocycles. The highest BCUT2D eigenvalue weighted by atomic mass is 15.2. The summed E-state index contributed by atoms with van der Waals surface area (Å²) in [5.74, 6) is 1.80. The van der Waals surface area contributed by atoms with E-state index in [1.54, 1.807) is 0 Å². The summed E-state index contributed by atoms with van der Waals surface area (Å²) in [5.41, 5.74) is 29.1. The molecule has 10 aromatic carbocycles. The Hall–Kier alpha value is -9.90. The highest BCUT2D eigenvalue weighted by Gasteiger charge is 2.39. The number of anilines is 6. The third-order valence-electron chi connectivity index (χ3n) is 20.2. The number of rotatable bonds is 10. The van der Waals surface area contributed by atoms with E-state index in [2.05, 4.69) is 348 Å². The average Bonchev–Trinajstić information content (AvgIpc) is 1.62. The molecule has 3 aliphatic carbocycles. The third kappa shape index (κ3) is 9.90. The van der Waals surface area contributed by atoms with E-state index in [1.165, 1.54) is 100 Å². The topological polar surface area (TPSA) is 32.3 Å². The molecule has 12 aromatic rings. The second-order valence-corrected chi connectivity index (χ2v) is 29.2. The standard InChI is InChI=1S/C87H78N4/c1-83(2,3)61-31-35-63(36-32-61)90(81-47-29-59-17-13-15-19-79(59)88-81)65-39-45-71-69-43-27-57(51-75(69)86(9,10)77(71)53-65)23-21-55-25-41-67-68-42-26-56(50-74(68)85(7,8)73(67)49-55)22-24-58-28-44-70-72-46-40-66(54-78(72)87(11,12)76(70)52-58)91(64-37-33-62(34-38-64)84(4,5)6)82-48-30-60-18-14-16-20-80(60)89-82/h13-54H,1-12H3/b23-21+,24-22+. The van der Waals surface area contributed by atoms with E-state index in [0.29, 0.717) is 0 Å².